The molecule has 0 saturated heterocycles. The van der Waals surface area contributed by atoms with Gasteiger partial charge in [0, 0.05) is 11.8 Å². The van der Waals surface area contributed by atoms with E-state index in [0.717, 1.165) is 23.7 Å². The van der Waals surface area contributed by atoms with Gasteiger partial charge in [0.05, 0.1) is 5.71 Å². The van der Waals surface area contributed by atoms with E-state index in [9.17, 15) is 0 Å². The summed E-state index contributed by atoms with van der Waals surface area (Å²) < 4.78 is 0. The third-order valence-electron chi connectivity index (χ3n) is 4.17. The summed E-state index contributed by atoms with van der Waals surface area (Å²) in [6.07, 6.45) is 7.10. The van der Waals surface area contributed by atoms with Gasteiger partial charge in [-0.3, -0.25) is 0 Å². The van der Waals surface area contributed by atoms with Crippen LogP contribution in [-0.4, -0.2) is 12.8 Å². The van der Waals surface area contributed by atoms with Gasteiger partial charge < -0.3 is 4.84 Å². The Morgan fingerprint density at radius 3 is 2.00 bits per heavy atom. The van der Waals surface area contributed by atoms with Gasteiger partial charge in [0.1, 0.15) is 7.11 Å². The summed E-state index contributed by atoms with van der Waals surface area (Å²) in [6.45, 7) is 0. The van der Waals surface area contributed by atoms with Crippen LogP contribution in [0.3, 0.4) is 0 Å². The van der Waals surface area contributed by atoms with Crippen molar-refractivity contribution in [2.24, 2.45) is 28.8 Å². The van der Waals surface area contributed by atoms with Crippen LogP contribution >= 0.6 is 0 Å². The normalized spacial score (nSPS) is 46.7. The van der Waals surface area contributed by atoms with Crippen LogP contribution in [0.15, 0.2) is 5.16 Å². The van der Waals surface area contributed by atoms with Crippen molar-refractivity contribution in [2.75, 3.05) is 7.11 Å². The van der Waals surface area contributed by atoms with Gasteiger partial charge >= 0.3 is 0 Å². The zero-order valence-electron chi connectivity index (χ0n) is 8.20. The fourth-order valence-electron chi connectivity index (χ4n) is 3.92. The standard InChI is InChI=1S/C11H17NO/c1-13-12-11-9-3-7-2-8(5-9)6-10(11)4-7/h7-10H,2-6H2,1H3. The minimum Gasteiger partial charge on any atom is -0.399 e. The smallest absolute Gasteiger partial charge is 0.106 e. The SMILES string of the molecule is CON=C1C2CC3CC(C2)CC1C3. The number of rotatable bonds is 1. The third kappa shape index (κ3) is 1.11. The minimum atomic E-state index is 0.788. The molecule has 0 atom stereocenters. The monoisotopic (exact) mass is 179 g/mol. The van der Waals surface area contributed by atoms with Gasteiger partial charge in [0.2, 0.25) is 0 Å². The van der Waals surface area contributed by atoms with Crippen molar-refractivity contribution in [3.8, 4) is 0 Å². The van der Waals surface area contributed by atoms with Crippen molar-refractivity contribution in [1.29, 1.82) is 0 Å². The first-order valence-corrected chi connectivity index (χ1v) is 5.47. The molecule has 0 aliphatic heterocycles. The summed E-state index contributed by atoms with van der Waals surface area (Å²) in [5.74, 6) is 3.63. The van der Waals surface area contributed by atoms with Crippen molar-refractivity contribution in [2.45, 2.75) is 32.1 Å². The summed E-state index contributed by atoms with van der Waals surface area (Å²) in [4.78, 5) is 4.96. The molecule has 4 fully saturated rings. The quantitative estimate of drug-likeness (QED) is 0.566. The highest BCUT2D eigenvalue weighted by molar-refractivity contribution is 5.90. The van der Waals surface area contributed by atoms with Crippen LogP contribution in [0, 0.1) is 23.7 Å². The van der Waals surface area contributed by atoms with Gasteiger partial charge in [0.25, 0.3) is 0 Å². The Morgan fingerprint density at radius 2 is 1.54 bits per heavy atom. The molecule has 13 heavy (non-hydrogen) atoms. The highest BCUT2D eigenvalue weighted by Gasteiger charge is 2.46. The van der Waals surface area contributed by atoms with Crippen LogP contribution in [-0.2, 0) is 4.84 Å². The van der Waals surface area contributed by atoms with E-state index < -0.39 is 0 Å². The first-order chi connectivity index (χ1) is 6.36. The molecule has 0 spiro atoms. The molecule has 4 rings (SSSR count). The van der Waals surface area contributed by atoms with Gasteiger partial charge in [-0.15, -0.1) is 0 Å². The Kier molecular flexibility index (Phi) is 1.64. The molecule has 0 unspecified atom stereocenters. The molecule has 4 aliphatic carbocycles. The molecule has 0 radical (unpaired) electrons. The number of oxime groups is 1. The maximum absolute atomic E-state index is 4.96. The van der Waals surface area contributed by atoms with E-state index in [1.807, 2.05) is 0 Å². The number of nitrogens with zero attached hydrogens (tertiary/aromatic N) is 1. The molecule has 2 nitrogen and oxygen atoms in total. The number of hydrogen-bond acceptors (Lipinski definition) is 2. The molecule has 4 bridgehead atoms. The first-order valence-electron chi connectivity index (χ1n) is 5.47. The molecule has 0 N–H and O–H groups in total. The fourth-order valence-corrected chi connectivity index (χ4v) is 3.92. The molecular formula is C11H17NO. The second kappa shape index (κ2) is 2.73. The molecule has 0 aromatic heterocycles. The van der Waals surface area contributed by atoms with Crippen molar-refractivity contribution in [1.82, 2.24) is 0 Å². The minimum absolute atomic E-state index is 0.788. The van der Waals surface area contributed by atoms with Crippen LogP contribution in [0.4, 0.5) is 0 Å². The lowest BCUT2D eigenvalue weighted by molar-refractivity contribution is 0.0987. The Hall–Kier alpha value is -0.530. The number of hydrogen-bond donors (Lipinski definition) is 0. The van der Waals surface area contributed by atoms with Crippen molar-refractivity contribution in [3.05, 3.63) is 0 Å². The maximum atomic E-state index is 4.96. The van der Waals surface area contributed by atoms with E-state index in [4.69, 9.17) is 4.84 Å². The molecule has 2 heteroatoms. The van der Waals surface area contributed by atoms with E-state index in [1.54, 1.807) is 7.11 Å². The highest BCUT2D eigenvalue weighted by Crippen LogP contribution is 2.52. The lowest BCUT2D eigenvalue weighted by atomic mass is 9.55. The maximum Gasteiger partial charge on any atom is 0.106 e. The summed E-state index contributed by atoms with van der Waals surface area (Å²) in [6, 6.07) is 0. The van der Waals surface area contributed by atoms with Crippen LogP contribution in [0.5, 0.6) is 0 Å². The predicted molar refractivity (Wildman–Crippen MR) is 51.5 cm³/mol. The Balaban J connectivity index is 1.89. The molecule has 0 aromatic rings. The van der Waals surface area contributed by atoms with E-state index >= 15 is 0 Å². The van der Waals surface area contributed by atoms with Gasteiger partial charge in [-0.1, -0.05) is 5.16 Å². The van der Waals surface area contributed by atoms with Gasteiger partial charge in [0.15, 0.2) is 0 Å². The second-order valence-electron chi connectivity index (χ2n) is 5.00. The molecule has 72 valence electrons. The van der Waals surface area contributed by atoms with E-state index in [2.05, 4.69) is 5.16 Å². The van der Waals surface area contributed by atoms with Crippen LogP contribution in [0.2, 0.25) is 0 Å². The van der Waals surface area contributed by atoms with E-state index in [-0.39, 0.29) is 0 Å². The van der Waals surface area contributed by atoms with Gasteiger partial charge in [-0.2, -0.15) is 0 Å². The van der Waals surface area contributed by atoms with Crippen molar-refractivity contribution < 1.29 is 4.84 Å². The summed E-state index contributed by atoms with van der Waals surface area (Å²) >= 11 is 0. The third-order valence-corrected chi connectivity index (χ3v) is 4.17. The summed E-state index contributed by atoms with van der Waals surface area (Å²) in [5.41, 5.74) is 1.40. The zero-order valence-corrected chi connectivity index (χ0v) is 8.20. The molecule has 0 aromatic carbocycles. The largest absolute Gasteiger partial charge is 0.399 e. The molecule has 0 heterocycles. The summed E-state index contributed by atoms with van der Waals surface area (Å²) in [5, 5.41) is 4.24. The van der Waals surface area contributed by atoms with Gasteiger partial charge in [-0.25, -0.2) is 0 Å². The van der Waals surface area contributed by atoms with Gasteiger partial charge in [-0.05, 0) is 43.9 Å². The first kappa shape index (κ1) is 7.84. The molecule has 4 aliphatic rings. The highest BCUT2D eigenvalue weighted by atomic mass is 16.6. The average Bonchev–Trinajstić information content (AvgIpc) is 2.10. The average molecular weight is 179 g/mol. The predicted octanol–water partition coefficient (Wildman–Crippen LogP) is 2.44. The summed E-state index contributed by atoms with van der Waals surface area (Å²) in [7, 11) is 1.68. The van der Waals surface area contributed by atoms with Crippen LogP contribution in [0.25, 0.3) is 0 Å². The van der Waals surface area contributed by atoms with E-state index in [1.165, 1.54) is 37.8 Å². The van der Waals surface area contributed by atoms with Crippen molar-refractivity contribution >= 4 is 5.71 Å². The zero-order chi connectivity index (χ0) is 8.84. The lowest BCUT2D eigenvalue weighted by Gasteiger charge is -2.49. The Morgan fingerprint density at radius 1 is 1.00 bits per heavy atom. The molecule has 0 amide bonds. The van der Waals surface area contributed by atoms with Crippen molar-refractivity contribution in [3.63, 3.8) is 0 Å². The Bertz CT molecular complexity index is 216. The lowest BCUT2D eigenvalue weighted by Crippen LogP contribution is -2.45. The second-order valence-corrected chi connectivity index (χ2v) is 5.00. The molecular weight excluding hydrogens is 162 g/mol. The van der Waals surface area contributed by atoms with Crippen LogP contribution in [0.1, 0.15) is 32.1 Å². The Labute approximate surface area is 79.3 Å². The fraction of sp³-hybridized carbons (Fsp3) is 0.909. The topological polar surface area (TPSA) is 21.6 Å². The van der Waals surface area contributed by atoms with Crippen LogP contribution < -0.4 is 0 Å². The molecule has 4 saturated carbocycles. The van der Waals surface area contributed by atoms with E-state index in [0.29, 0.717) is 0 Å².